The maximum atomic E-state index is 4.21. The first-order valence-electron chi connectivity index (χ1n) is 6.48. The van der Waals surface area contributed by atoms with Gasteiger partial charge in [0, 0.05) is 23.1 Å². The molecule has 0 amide bonds. The van der Waals surface area contributed by atoms with Crippen LogP contribution in [0.5, 0.6) is 0 Å². The van der Waals surface area contributed by atoms with Crippen molar-refractivity contribution in [1.82, 2.24) is 5.32 Å². The molecule has 0 saturated heterocycles. The second-order valence-corrected chi connectivity index (χ2v) is 5.60. The fourth-order valence-electron chi connectivity index (χ4n) is 2.19. The second kappa shape index (κ2) is 5.63. The van der Waals surface area contributed by atoms with Crippen molar-refractivity contribution in [3.63, 3.8) is 0 Å². The van der Waals surface area contributed by atoms with Crippen LogP contribution >= 0.6 is 11.8 Å². The van der Waals surface area contributed by atoms with E-state index in [-0.39, 0.29) is 0 Å². The monoisotopic (exact) mass is 247 g/mol. The van der Waals surface area contributed by atoms with E-state index >= 15 is 0 Å². The van der Waals surface area contributed by atoms with E-state index in [9.17, 15) is 0 Å². The molecule has 0 aromatic heterocycles. The fraction of sp³-hybridized carbons (Fsp3) is 0.467. The van der Waals surface area contributed by atoms with Crippen molar-refractivity contribution in [1.29, 1.82) is 0 Å². The molecule has 0 saturated carbocycles. The highest BCUT2D eigenvalue weighted by atomic mass is 32.2. The quantitative estimate of drug-likeness (QED) is 0.774. The van der Waals surface area contributed by atoms with E-state index in [1.165, 1.54) is 27.5 Å². The van der Waals surface area contributed by atoms with Gasteiger partial charge in [-0.05, 0) is 29.7 Å². The summed E-state index contributed by atoms with van der Waals surface area (Å²) in [6, 6.07) is 0. The summed E-state index contributed by atoms with van der Waals surface area (Å²) >= 11 is 1.91. The van der Waals surface area contributed by atoms with Crippen LogP contribution in [-0.4, -0.2) is 6.54 Å². The highest BCUT2D eigenvalue weighted by Gasteiger charge is 2.31. The van der Waals surface area contributed by atoms with Gasteiger partial charge in [-0.2, -0.15) is 0 Å². The molecule has 17 heavy (non-hydrogen) atoms. The summed E-state index contributed by atoms with van der Waals surface area (Å²) in [4.78, 5) is 2.87. The van der Waals surface area contributed by atoms with E-state index in [4.69, 9.17) is 0 Å². The standard InChI is InChI=1S/C15H21NS/c1-4-10-16-14-12-8-6-7-9-13(12)17-15(14)11(3)5-2/h6-7,9,12,16H,3-5,8,10H2,1-2H3. The molecule has 0 aromatic carbocycles. The molecule has 1 nitrogen and oxygen atoms in total. The van der Waals surface area contributed by atoms with Crippen molar-refractivity contribution in [2.75, 3.05) is 6.54 Å². The Labute approximate surface area is 109 Å². The predicted octanol–water partition coefficient (Wildman–Crippen LogP) is 4.37. The normalized spacial score (nSPS) is 22.5. The van der Waals surface area contributed by atoms with E-state index in [0.29, 0.717) is 5.92 Å². The highest BCUT2D eigenvalue weighted by molar-refractivity contribution is 8.07. The van der Waals surface area contributed by atoms with Gasteiger partial charge in [0.15, 0.2) is 0 Å². The van der Waals surface area contributed by atoms with Crippen molar-refractivity contribution in [3.8, 4) is 0 Å². The van der Waals surface area contributed by atoms with E-state index in [0.717, 1.165) is 19.4 Å². The Bertz CT molecular complexity index is 401. The van der Waals surface area contributed by atoms with Crippen molar-refractivity contribution in [3.05, 3.63) is 45.9 Å². The molecule has 1 aliphatic carbocycles. The Morgan fingerprint density at radius 2 is 2.35 bits per heavy atom. The summed E-state index contributed by atoms with van der Waals surface area (Å²) in [6.45, 7) is 9.66. The molecule has 1 aliphatic heterocycles. The third kappa shape index (κ3) is 2.52. The number of hydrogen-bond donors (Lipinski definition) is 1. The van der Waals surface area contributed by atoms with Gasteiger partial charge in [0.2, 0.25) is 0 Å². The van der Waals surface area contributed by atoms with Crippen LogP contribution in [0.4, 0.5) is 0 Å². The van der Waals surface area contributed by atoms with Crippen molar-refractivity contribution in [2.24, 2.45) is 5.92 Å². The summed E-state index contributed by atoms with van der Waals surface area (Å²) in [5, 5.41) is 3.62. The Balaban J connectivity index is 2.25. The van der Waals surface area contributed by atoms with E-state index in [2.05, 4.69) is 44.0 Å². The van der Waals surface area contributed by atoms with Crippen molar-refractivity contribution >= 4 is 11.8 Å². The molecule has 2 rings (SSSR count). The van der Waals surface area contributed by atoms with Gasteiger partial charge in [-0.15, -0.1) is 0 Å². The zero-order chi connectivity index (χ0) is 12.3. The van der Waals surface area contributed by atoms with Gasteiger partial charge in [-0.1, -0.05) is 50.4 Å². The third-order valence-electron chi connectivity index (χ3n) is 3.24. The summed E-state index contributed by atoms with van der Waals surface area (Å²) in [5.74, 6) is 0.565. The first-order chi connectivity index (χ1) is 8.27. The molecule has 1 atom stereocenters. The molecule has 92 valence electrons. The first-order valence-corrected chi connectivity index (χ1v) is 7.30. The van der Waals surface area contributed by atoms with Gasteiger partial charge in [-0.3, -0.25) is 0 Å². The smallest absolute Gasteiger partial charge is 0.0347 e. The lowest BCUT2D eigenvalue weighted by atomic mass is 9.95. The minimum Gasteiger partial charge on any atom is -0.387 e. The topological polar surface area (TPSA) is 12.0 Å². The Hall–Kier alpha value is -0.890. The number of hydrogen-bond acceptors (Lipinski definition) is 2. The lowest BCUT2D eigenvalue weighted by Crippen LogP contribution is -2.20. The lowest BCUT2D eigenvalue weighted by molar-refractivity contribution is 0.646. The van der Waals surface area contributed by atoms with Crippen LogP contribution < -0.4 is 5.32 Å². The van der Waals surface area contributed by atoms with E-state index in [1.54, 1.807) is 0 Å². The summed E-state index contributed by atoms with van der Waals surface area (Å²) < 4.78 is 0. The van der Waals surface area contributed by atoms with Crippen LogP contribution in [0.25, 0.3) is 0 Å². The molecule has 1 unspecified atom stereocenters. The zero-order valence-electron chi connectivity index (χ0n) is 10.8. The molecule has 2 heteroatoms. The molecule has 1 N–H and O–H groups in total. The maximum absolute atomic E-state index is 4.21. The minimum atomic E-state index is 0.565. The van der Waals surface area contributed by atoms with Crippen LogP contribution in [0.1, 0.15) is 33.1 Å². The largest absolute Gasteiger partial charge is 0.387 e. The third-order valence-corrected chi connectivity index (χ3v) is 4.61. The summed E-state index contributed by atoms with van der Waals surface area (Å²) in [7, 11) is 0. The number of nitrogens with one attached hydrogen (secondary N) is 1. The van der Waals surface area contributed by atoms with Crippen LogP contribution in [0, 0.1) is 5.92 Å². The van der Waals surface area contributed by atoms with Crippen LogP contribution in [0.15, 0.2) is 45.9 Å². The SMILES string of the molecule is C=C(CC)C1=C(NCCC)C2CC=CC=C2S1. The second-order valence-electron chi connectivity index (χ2n) is 4.51. The van der Waals surface area contributed by atoms with Gasteiger partial charge >= 0.3 is 0 Å². The predicted molar refractivity (Wildman–Crippen MR) is 77.7 cm³/mol. The van der Waals surface area contributed by atoms with Crippen LogP contribution in [0.3, 0.4) is 0 Å². The van der Waals surface area contributed by atoms with Gasteiger partial charge in [-0.25, -0.2) is 0 Å². The molecule has 0 spiro atoms. The molecule has 0 aromatic rings. The Morgan fingerprint density at radius 3 is 3.06 bits per heavy atom. The molecule has 0 bridgehead atoms. The van der Waals surface area contributed by atoms with E-state index in [1.807, 2.05) is 11.8 Å². The van der Waals surface area contributed by atoms with E-state index < -0.39 is 0 Å². The average molecular weight is 247 g/mol. The summed E-state index contributed by atoms with van der Waals surface area (Å²) in [6.07, 6.45) is 10.0. The molecule has 0 radical (unpaired) electrons. The van der Waals surface area contributed by atoms with Gasteiger partial charge < -0.3 is 5.32 Å². The van der Waals surface area contributed by atoms with Gasteiger partial charge in [0.25, 0.3) is 0 Å². The van der Waals surface area contributed by atoms with Gasteiger partial charge in [0.05, 0.1) is 0 Å². The number of fused-ring (bicyclic) bond motifs is 1. The van der Waals surface area contributed by atoms with Crippen molar-refractivity contribution < 1.29 is 0 Å². The fourth-order valence-corrected chi connectivity index (χ4v) is 3.54. The van der Waals surface area contributed by atoms with Crippen molar-refractivity contribution in [2.45, 2.75) is 33.1 Å². The molecular weight excluding hydrogens is 226 g/mol. The first kappa shape index (κ1) is 12.6. The van der Waals surface area contributed by atoms with Crippen LogP contribution in [0.2, 0.25) is 0 Å². The zero-order valence-corrected chi connectivity index (χ0v) is 11.6. The molecule has 1 heterocycles. The molecule has 2 aliphatic rings. The van der Waals surface area contributed by atoms with Gasteiger partial charge in [0.1, 0.15) is 0 Å². The lowest BCUT2D eigenvalue weighted by Gasteiger charge is -2.18. The number of rotatable bonds is 5. The Kier molecular flexibility index (Phi) is 4.16. The number of allylic oxidation sites excluding steroid dienone is 5. The summed E-state index contributed by atoms with van der Waals surface area (Å²) in [5.41, 5.74) is 2.68. The number of thioether (sulfide) groups is 1. The molecular formula is C15H21NS. The average Bonchev–Trinajstić information content (AvgIpc) is 2.74. The minimum absolute atomic E-state index is 0.565. The van der Waals surface area contributed by atoms with Crippen LogP contribution in [-0.2, 0) is 0 Å². The Morgan fingerprint density at radius 1 is 1.53 bits per heavy atom. The molecule has 0 fully saturated rings. The highest BCUT2D eigenvalue weighted by Crippen LogP contribution is 2.50. The maximum Gasteiger partial charge on any atom is 0.0347 e.